The second kappa shape index (κ2) is 8.33. The van der Waals surface area contributed by atoms with E-state index in [9.17, 15) is 29.5 Å². The van der Waals surface area contributed by atoms with E-state index in [4.69, 9.17) is 0 Å². The number of fused-ring (bicyclic) bond motifs is 1. The Morgan fingerprint density at radius 1 is 1.09 bits per heavy atom. The summed E-state index contributed by atoms with van der Waals surface area (Å²) in [6, 6.07) is 15.8. The van der Waals surface area contributed by atoms with E-state index in [1.807, 2.05) is 25.1 Å². The first-order chi connectivity index (χ1) is 16.7. The van der Waals surface area contributed by atoms with Gasteiger partial charge in [0.2, 0.25) is 5.88 Å². The van der Waals surface area contributed by atoms with Gasteiger partial charge in [-0.15, -0.1) is 0 Å². The molecule has 0 aliphatic heterocycles. The van der Waals surface area contributed by atoms with Crippen molar-refractivity contribution in [2.45, 2.75) is 6.92 Å². The Kier molecular flexibility index (Phi) is 5.29. The highest BCUT2D eigenvalue weighted by atomic mass is 32.1. The molecule has 3 aromatic carbocycles. The molecule has 35 heavy (non-hydrogen) atoms. The van der Waals surface area contributed by atoms with Crippen LogP contribution in [0.5, 0.6) is 11.6 Å². The lowest BCUT2D eigenvalue weighted by atomic mass is 9.99. The lowest BCUT2D eigenvalue weighted by Gasteiger charge is -2.09. The average molecular weight is 489 g/mol. The zero-order chi connectivity index (χ0) is 24.9. The number of aromatic nitrogens is 2. The lowest BCUT2D eigenvalue weighted by Crippen LogP contribution is -2.05. The van der Waals surface area contributed by atoms with Crippen LogP contribution in [-0.2, 0) is 0 Å². The standard InChI is InChI=1S/C25H16FN3O5S/c1-13-5-10-18-19(11-13)35-25(27-18)28-21(15-3-2-4-17(12-15)29(33)34)20(23(31)24(28)32)22(30)14-6-8-16(26)9-7-14/h2-12,31-32H,1H3. The van der Waals surface area contributed by atoms with Crippen molar-refractivity contribution in [3.63, 3.8) is 0 Å². The summed E-state index contributed by atoms with van der Waals surface area (Å²) in [6.07, 6.45) is 0. The number of benzene rings is 3. The predicted molar refractivity (Wildman–Crippen MR) is 129 cm³/mol. The van der Waals surface area contributed by atoms with E-state index in [1.54, 1.807) is 0 Å². The first-order valence-corrected chi connectivity index (χ1v) is 11.2. The fraction of sp³-hybridized carbons (Fsp3) is 0.0400. The number of hydrogen-bond acceptors (Lipinski definition) is 7. The van der Waals surface area contributed by atoms with Crippen molar-refractivity contribution in [2.24, 2.45) is 0 Å². The van der Waals surface area contributed by atoms with Crippen LogP contribution in [0, 0.1) is 22.9 Å². The molecule has 8 nitrogen and oxygen atoms in total. The second-order valence-corrected chi connectivity index (χ2v) is 8.85. The number of nitro groups is 1. The summed E-state index contributed by atoms with van der Waals surface area (Å²) in [4.78, 5) is 28.8. The van der Waals surface area contributed by atoms with Crippen LogP contribution >= 0.6 is 11.3 Å². The Bertz CT molecular complexity index is 1640. The molecule has 0 unspecified atom stereocenters. The normalized spacial score (nSPS) is 11.1. The number of nitrogens with zero attached hydrogens (tertiary/aromatic N) is 3. The number of aryl methyl sites for hydroxylation is 1. The summed E-state index contributed by atoms with van der Waals surface area (Å²) < 4.78 is 15.4. The summed E-state index contributed by atoms with van der Waals surface area (Å²) in [6.45, 7) is 1.92. The zero-order valence-corrected chi connectivity index (χ0v) is 18.9. The van der Waals surface area contributed by atoms with E-state index in [-0.39, 0.29) is 33.2 Å². The third-order valence-corrected chi connectivity index (χ3v) is 6.51. The molecule has 5 rings (SSSR count). The van der Waals surface area contributed by atoms with Gasteiger partial charge in [-0.05, 0) is 48.9 Å². The maximum absolute atomic E-state index is 13.4. The number of rotatable bonds is 5. The third kappa shape index (κ3) is 3.79. The molecule has 2 heterocycles. The fourth-order valence-electron chi connectivity index (χ4n) is 3.85. The van der Waals surface area contributed by atoms with Crippen molar-refractivity contribution in [3.05, 3.63) is 99.4 Å². The number of ketones is 1. The van der Waals surface area contributed by atoms with Crippen LogP contribution < -0.4 is 0 Å². The van der Waals surface area contributed by atoms with E-state index in [1.165, 1.54) is 52.3 Å². The van der Waals surface area contributed by atoms with E-state index in [0.717, 1.165) is 22.4 Å². The SMILES string of the molecule is Cc1ccc2nc(-n3c(O)c(O)c(C(=O)c4ccc(F)cc4)c3-c3cccc([N+](=O)[O-])c3)sc2c1. The van der Waals surface area contributed by atoms with Gasteiger partial charge in [-0.2, -0.15) is 0 Å². The topological polar surface area (TPSA) is 118 Å². The predicted octanol–water partition coefficient (Wildman–Crippen LogP) is 5.75. The molecule has 0 aliphatic carbocycles. The van der Waals surface area contributed by atoms with Gasteiger partial charge in [0.1, 0.15) is 5.82 Å². The van der Waals surface area contributed by atoms with Gasteiger partial charge in [0.15, 0.2) is 16.7 Å². The number of carbonyl (C=O) groups is 1. The minimum atomic E-state index is -0.712. The van der Waals surface area contributed by atoms with Gasteiger partial charge in [0, 0.05) is 23.3 Å². The van der Waals surface area contributed by atoms with E-state index in [0.29, 0.717) is 5.52 Å². The molecule has 10 heteroatoms. The van der Waals surface area contributed by atoms with Crippen molar-refractivity contribution in [2.75, 3.05) is 0 Å². The Balaban J connectivity index is 1.82. The number of halogens is 1. The second-order valence-electron chi connectivity index (χ2n) is 7.84. The van der Waals surface area contributed by atoms with Crippen LogP contribution in [0.3, 0.4) is 0 Å². The highest BCUT2D eigenvalue weighted by Gasteiger charge is 2.31. The maximum Gasteiger partial charge on any atom is 0.270 e. The fourth-order valence-corrected chi connectivity index (χ4v) is 4.92. The van der Waals surface area contributed by atoms with E-state index >= 15 is 0 Å². The maximum atomic E-state index is 13.4. The average Bonchev–Trinajstić information content (AvgIpc) is 3.37. The summed E-state index contributed by atoms with van der Waals surface area (Å²) in [5.41, 5.74) is 1.40. The molecule has 174 valence electrons. The Morgan fingerprint density at radius 2 is 1.83 bits per heavy atom. The molecule has 0 aliphatic rings. The van der Waals surface area contributed by atoms with Gasteiger partial charge in [0.05, 0.1) is 26.4 Å². The third-order valence-electron chi connectivity index (χ3n) is 5.51. The van der Waals surface area contributed by atoms with Gasteiger partial charge in [-0.3, -0.25) is 19.5 Å². The summed E-state index contributed by atoms with van der Waals surface area (Å²) in [5, 5.41) is 33.5. The van der Waals surface area contributed by atoms with E-state index < -0.39 is 28.2 Å². The van der Waals surface area contributed by atoms with Crippen LogP contribution in [0.15, 0.2) is 66.7 Å². The number of carbonyl (C=O) groups excluding carboxylic acids is 1. The molecule has 5 aromatic rings. The molecule has 0 radical (unpaired) electrons. The van der Waals surface area contributed by atoms with Crippen LogP contribution in [0.2, 0.25) is 0 Å². The van der Waals surface area contributed by atoms with E-state index in [2.05, 4.69) is 4.98 Å². The van der Waals surface area contributed by atoms with Gasteiger partial charge in [-0.1, -0.05) is 29.5 Å². The van der Waals surface area contributed by atoms with Crippen LogP contribution in [0.25, 0.3) is 26.6 Å². The quantitative estimate of drug-likeness (QED) is 0.184. The molecule has 2 aromatic heterocycles. The monoisotopic (exact) mass is 489 g/mol. The van der Waals surface area contributed by atoms with Crippen LogP contribution in [-0.4, -0.2) is 30.5 Å². The molecule has 0 amide bonds. The van der Waals surface area contributed by atoms with Crippen molar-refractivity contribution in [1.29, 1.82) is 0 Å². The first-order valence-electron chi connectivity index (χ1n) is 10.3. The van der Waals surface area contributed by atoms with Crippen molar-refractivity contribution in [3.8, 4) is 28.0 Å². The first kappa shape index (κ1) is 22.2. The minimum absolute atomic E-state index is 0.0220. The molecule has 0 fully saturated rings. The smallest absolute Gasteiger partial charge is 0.270 e. The molecule has 0 spiro atoms. The molecule has 0 saturated heterocycles. The summed E-state index contributed by atoms with van der Waals surface area (Å²) in [5.74, 6) is -2.60. The summed E-state index contributed by atoms with van der Waals surface area (Å²) in [7, 11) is 0. The van der Waals surface area contributed by atoms with Gasteiger partial charge >= 0.3 is 0 Å². The van der Waals surface area contributed by atoms with Crippen molar-refractivity contribution in [1.82, 2.24) is 9.55 Å². The number of thiazole rings is 1. The Morgan fingerprint density at radius 3 is 2.54 bits per heavy atom. The number of hydrogen-bond donors (Lipinski definition) is 2. The number of aromatic hydroxyl groups is 2. The van der Waals surface area contributed by atoms with Gasteiger partial charge in [0.25, 0.3) is 5.69 Å². The Labute approximate surface area is 201 Å². The zero-order valence-electron chi connectivity index (χ0n) is 18.1. The summed E-state index contributed by atoms with van der Waals surface area (Å²) >= 11 is 1.22. The van der Waals surface area contributed by atoms with Gasteiger partial charge in [-0.25, -0.2) is 9.37 Å². The van der Waals surface area contributed by atoms with Crippen molar-refractivity contribution < 1.29 is 24.3 Å². The largest absolute Gasteiger partial charge is 0.503 e. The minimum Gasteiger partial charge on any atom is -0.503 e. The highest BCUT2D eigenvalue weighted by Crippen LogP contribution is 2.45. The molecular weight excluding hydrogens is 473 g/mol. The highest BCUT2D eigenvalue weighted by molar-refractivity contribution is 7.20. The number of nitro benzene ring substituents is 1. The molecule has 2 N–H and O–H groups in total. The molecular formula is C25H16FN3O5S. The van der Waals surface area contributed by atoms with Crippen molar-refractivity contribution >= 4 is 33.0 Å². The number of non-ortho nitro benzene ring substituents is 1. The molecule has 0 atom stereocenters. The van der Waals surface area contributed by atoms with Gasteiger partial charge < -0.3 is 10.2 Å². The Hall–Kier alpha value is -4.57. The van der Waals surface area contributed by atoms with Crippen LogP contribution in [0.4, 0.5) is 10.1 Å². The lowest BCUT2D eigenvalue weighted by molar-refractivity contribution is -0.384. The van der Waals surface area contributed by atoms with Crippen LogP contribution in [0.1, 0.15) is 21.5 Å². The molecule has 0 saturated carbocycles. The molecule has 0 bridgehead atoms.